The summed E-state index contributed by atoms with van der Waals surface area (Å²) in [6.45, 7) is 8.32. The predicted octanol–water partition coefficient (Wildman–Crippen LogP) is 3.05. The third kappa shape index (κ3) is 2.02. The molecule has 1 aliphatic rings. The Bertz CT molecular complexity index is 181. The highest BCUT2D eigenvalue weighted by Gasteiger charge is 2.52. The van der Waals surface area contributed by atoms with Crippen molar-refractivity contribution in [2.45, 2.75) is 46.1 Å². The molecule has 1 nitrogen and oxygen atoms in total. The molecular weight excluding hydrogens is 184 g/mol. The van der Waals surface area contributed by atoms with Gasteiger partial charge in [0.05, 0.1) is 5.60 Å². The van der Waals surface area contributed by atoms with E-state index >= 15 is 0 Å². The largest absolute Gasteiger partial charge is 0.390 e. The topological polar surface area (TPSA) is 20.2 Å². The van der Waals surface area contributed by atoms with E-state index in [0.29, 0.717) is 11.8 Å². The summed E-state index contributed by atoms with van der Waals surface area (Å²) in [7, 11) is 0. The van der Waals surface area contributed by atoms with Gasteiger partial charge >= 0.3 is 0 Å². The molecule has 0 amide bonds. The lowest BCUT2D eigenvalue weighted by molar-refractivity contribution is -0.138. The van der Waals surface area contributed by atoms with Gasteiger partial charge in [-0.1, -0.05) is 13.8 Å². The molecule has 2 heteroatoms. The molecule has 1 N–H and O–H groups in total. The van der Waals surface area contributed by atoms with Crippen LogP contribution in [0.5, 0.6) is 0 Å². The fourth-order valence-electron chi connectivity index (χ4n) is 2.84. The van der Waals surface area contributed by atoms with Gasteiger partial charge in [0.15, 0.2) is 0 Å². The normalized spacial score (nSPS) is 32.8. The van der Waals surface area contributed by atoms with Crippen LogP contribution in [0.2, 0.25) is 0 Å². The summed E-state index contributed by atoms with van der Waals surface area (Å²) in [6.07, 6.45) is 2.21. The first-order valence-corrected chi connectivity index (χ1v) is 5.62. The van der Waals surface area contributed by atoms with Gasteiger partial charge in [-0.05, 0) is 43.9 Å². The smallest absolute Gasteiger partial charge is 0.0625 e. The Morgan fingerprint density at radius 1 is 1.46 bits per heavy atom. The quantitative estimate of drug-likeness (QED) is 0.701. The second-order valence-corrected chi connectivity index (χ2v) is 5.82. The van der Waals surface area contributed by atoms with Crippen LogP contribution in [0, 0.1) is 17.3 Å². The van der Waals surface area contributed by atoms with Gasteiger partial charge in [-0.2, -0.15) is 0 Å². The van der Waals surface area contributed by atoms with Crippen molar-refractivity contribution in [1.82, 2.24) is 0 Å². The van der Waals surface area contributed by atoms with Gasteiger partial charge in [0.25, 0.3) is 0 Å². The molecule has 1 saturated carbocycles. The SMILES string of the molecule is CC(C)(O)[C@@H]1C[C@H](CCCl)C1(C)C. The van der Waals surface area contributed by atoms with Crippen LogP contribution in [0.15, 0.2) is 0 Å². The van der Waals surface area contributed by atoms with Crippen LogP contribution < -0.4 is 0 Å². The van der Waals surface area contributed by atoms with Gasteiger partial charge in [-0.15, -0.1) is 11.6 Å². The Morgan fingerprint density at radius 3 is 2.31 bits per heavy atom. The van der Waals surface area contributed by atoms with Crippen LogP contribution in [0.3, 0.4) is 0 Å². The van der Waals surface area contributed by atoms with E-state index in [1.54, 1.807) is 0 Å². The van der Waals surface area contributed by atoms with Gasteiger partial charge in [0.1, 0.15) is 0 Å². The van der Waals surface area contributed by atoms with Crippen LogP contribution in [-0.4, -0.2) is 16.6 Å². The third-order valence-corrected chi connectivity index (χ3v) is 4.00. The van der Waals surface area contributed by atoms with Crippen LogP contribution in [0.25, 0.3) is 0 Å². The van der Waals surface area contributed by atoms with Crippen LogP contribution in [0.1, 0.15) is 40.5 Å². The molecule has 0 unspecified atom stereocenters. The van der Waals surface area contributed by atoms with E-state index in [4.69, 9.17) is 11.6 Å². The zero-order valence-electron chi connectivity index (χ0n) is 9.10. The van der Waals surface area contributed by atoms with Crippen molar-refractivity contribution in [3.63, 3.8) is 0 Å². The first-order chi connectivity index (χ1) is 5.80. The Morgan fingerprint density at radius 2 is 2.00 bits per heavy atom. The van der Waals surface area contributed by atoms with E-state index in [0.717, 1.165) is 18.7 Å². The first-order valence-electron chi connectivity index (χ1n) is 5.08. The number of rotatable bonds is 3. The van der Waals surface area contributed by atoms with Gasteiger partial charge in [-0.3, -0.25) is 0 Å². The molecule has 0 radical (unpaired) electrons. The second-order valence-electron chi connectivity index (χ2n) is 5.44. The van der Waals surface area contributed by atoms with Gasteiger partial charge in [0, 0.05) is 5.88 Å². The Labute approximate surface area is 86.5 Å². The fraction of sp³-hybridized carbons (Fsp3) is 1.00. The number of aliphatic hydroxyl groups is 1. The van der Waals surface area contributed by atoms with Crippen molar-refractivity contribution >= 4 is 11.6 Å². The molecule has 1 rings (SSSR count). The summed E-state index contributed by atoms with van der Waals surface area (Å²) < 4.78 is 0. The minimum absolute atomic E-state index is 0.257. The van der Waals surface area contributed by atoms with Crippen LogP contribution >= 0.6 is 11.6 Å². The molecule has 78 valence electrons. The maximum absolute atomic E-state index is 9.93. The average Bonchev–Trinajstić information content (AvgIpc) is 1.94. The van der Waals surface area contributed by atoms with Gasteiger partial charge < -0.3 is 5.11 Å². The Hall–Kier alpha value is 0.250. The molecule has 0 aliphatic heterocycles. The number of alkyl halides is 1. The monoisotopic (exact) mass is 204 g/mol. The molecule has 0 spiro atoms. The van der Waals surface area contributed by atoms with E-state index in [9.17, 15) is 5.11 Å². The van der Waals surface area contributed by atoms with E-state index in [2.05, 4.69) is 13.8 Å². The van der Waals surface area contributed by atoms with Crippen LogP contribution in [-0.2, 0) is 0 Å². The molecule has 0 bridgehead atoms. The predicted molar refractivity (Wildman–Crippen MR) is 57.0 cm³/mol. The number of hydrogen-bond donors (Lipinski definition) is 1. The lowest BCUT2D eigenvalue weighted by atomic mass is 9.50. The Balaban J connectivity index is 2.59. The van der Waals surface area contributed by atoms with Gasteiger partial charge in [0.2, 0.25) is 0 Å². The average molecular weight is 205 g/mol. The molecule has 0 saturated heterocycles. The minimum Gasteiger partial charge on any atom is -0.390 e. The molecule has 2 atom stereocenters. The van der Waals surface area contributed by atoms with E-state index in [1.807, 2.05) is 13.8 Å². The van der Waals surface area contributed by atoms with Crippen molar-refractivity contribution in [1.29, 1.82) is 0 Å². The maximum atomic E-state index is 9.93. The maximum Gasteiger partial charge on any atom is 0.0625 e. The third-order valence-electron chi connectivity index (χ3n) is 3.78. The highest BCUT2D eigenvalue weighted by molar-refractivity contribution is 6.17. The van der Waals surface area contributed by atoms with Crippen LogP contribution in [0.4, 0.5) is 0 Å². The van der Waals surface area contributed by atoms with Gasteiger partial charge in [-0.25, -0.2) is 0 Å². The molecule has 1 aliphatic carbocycles. The summed E-state index contributed by atoms with van der Waals surface area (Å²) in [6, 6.07) is 0. The zero-order chi connectivity index (χ0) is 10.3. The Kier molecular flexibility index (Phi) is 2.99. The molecule has 0 aromatic carbocycles. The summed E-state index contributed by atoms with van der Waals surface area (Å²) >= 11 is 5.74. The van der Waals surface area contributed by atoms with E-state index in [1.165, 1.54) is 0 Å². The fourth-order valence-corrected chi connectivity index (χ4v) is 3.10. The number of halogens is 1. The highest BCUT2D eigenvalue weighted by Crippen LogP contribution is 2.56. The highest BCUT2D eigenvalue weighted by atomic mass is 35.5. The standard InChI is InChI=1S/C11H21ClO/c1-10(2)8(5-6-12)7-9(10)11(3,4)13/h8-9,13H,5-7H2,1-4H3/t8-,9+/m0/s1. The molecule has 0 aromatic heterocycles. The number of hydrogen-bond acceptors (Lipinski definition) is 1. The molecule has 0 heterocycles. The molecule has 0 aromatic rings. The van der Waals surface area contributed by atoms with E-state index in [-0.39, 0.29) is 5.41 Å². The first kappa shape index (κ1) is 11.3. The molecular formula is C11H21ClO. The summed E-state index contributed by atoms with van der Waals surface area (Å²) in [5.74, 6) is 1.86. The van der Waals surface area contributed by atoms with Crippen molar-refractivity contribution < 1.29 is 5.11 Å². The van der Waals surface area contributed by atoms with Crippen molar-refractivity contribution in [2.24, 2.45) is 17.3 Å². The summed E-state index contributed by atoms with van der Waals surface area (Å²) in [5.41, 5.74) is -0.278. The van der Waals surface area contributed by atoms with Crippen molar-refractivity contribution in [2.75, 3.05) is 5.88 Å². The molecule has 1 fully saturated rings. The zero-order valence-corrected chi connectivity index (χ0v) is 9.86. The minimum atomic E-state index is -0.535. The van der Waals surface area contributed by atoms with Crippen molar-refractivity contribution in [3.8, 4) is 0 Å². The summed E-state index contributed by atoms with van der Waals surface area (Å²) in [4.78, 5) is 0. The second kappa shape index (κ2) is 3.43. The molecule has 13 heavy (non-hydrogen) atoms. The summed E-state index contributed by atoms with van der Waals surface area (Å²) in [5, 5.41) is 9.93. The lowest BCUT2D eigenvalue weighted by Gasteiger charge is -2.57. The van der Waals surface area contributed by atoms with E-state index < -0.39 is 5.60 Å². The van der Waals surface area contributed by atoms with Crippen molar-refractivity contribution in [3.05, 3.63) is 0 Å². The lowest BCUT2D eigenvalue weighted by Crippen LogP contribution is -2.54.